The van der Waals surface area contributed by atoms with Gasteiger partial charge in [0.1, 0.15) is 11.4 Å². The molecule has 114 valence electrons. The number of hydrogen-bond acceptors (Lipinski definition) is 3. The van der Waals surface area contributed by atoms with Crippen molar-refractivity contribution >= 4 is 29.2 Å². The van der Waals surface area contributed by atoms with Gasteiger partial charge in [-0.3, -0.25) is 0 Å². The quantitative estimate of drug-likeness (QED) is 0.841. The molecule has 0 bridgehead atoms. The topological polar surface area (TPSA) is 55.8 Å². The average molecular weight is 339 g/mol. The molecule has 22 heavy (non-hydrogen) atoms. The predicted octanol–water partition coefficient (Wildman–Crippen LogP) is 3.99. The number of carboxylic acids is 1. The van der Waals surface area contributed by atoms with Crippen molar-refractivity contribution in [3.05, 3.63) is 64.7 Å². The van der Waals surface area contributed by atoms with E-state index in [1.165, 1.54) is 0 Å². The van der Waals surface area contributed by atoms with Crippen molar-refractivity contribution in [3.63, 3.8) is 0 Å². The molecular formula is C16H12Cl2O4. The molecule has 0 saturated heterocycles. The lowest BCUT2D eigenvalue weighted by Crippen LogP contribution is -2.51. The van der Waals surface area contributed by atoms with E-state index in [1.54, 1.807) is 25.1 Å². The molecule has 0 amide bonds. The van der Waals surface area contributed by atoms with Crippen molar-refractivity contribution in [1.82, 2.24) is 0 Å². The Bertz CT molecular complexity index is 734. The Morgan fingerprint density at radius 1 is 1.18 bits per heavy atom. The first-order valence-corrected chi connectivity index (χ1v) is 7.28. The van der Waals surface area contributed by atoms with Crippen LogP contribution in [0.3, 0.4) is 0 Å². The lowest BCUT2D eigenvalue weighted by atomic mass is 9.86. The van der Waals surface area contributed by atoms with Crippen LogP contribution in [-0.4, -0.2) is 16.3 Å². The summed E-state index contributed by atoms with van der Waals surface area (Å²) >= 11 is 12.1. The van der Waals surface area contributed by atoms with E-state index in [0.29, 0.717) is 16.3 Å². The minimum absolute atomic E-state index is 0.319. The number of benzene rings is 2. The van der Waals surface area contributed by atoms with E-state index in [2.05, 4.69) is 0 Å². The highest BCUT2D eigenvalue weighted by Crippen LogP contribution is 2.48. The van der Waals surface area contributed by atoms with Crippen LogP contribution in [0.1, 0.15) is 18.1 Å². The number of ether oxygens (including phenoxy) is 2. The maximum atomic E-state index is 11.5. The second-order valence-corrected chi connectivity index (χ2v) is 6.02. The summed E-state index contributed by atoms with van der Waals surface area (Å²) in [6, 6.07) is 14.1. The lowest BCUT2D eigenvalue weighted by molar-refractivity contribution is -0.220. The summed E-state index contributed by atoms with van der Waals surface area (Å²) in [5.41, 5.74) is 0.247. The average Bonchev–Trinajstić information content (AvgIpc) is 2.49. The molecule has 2 aromatic rings. The lowest BCUT2D eigenvalue weighted by Gasteiger charge is -2.42. The maximum absolute atomic E-state index is 11.5. The minimum Gasteiger partial charge on any atom is -0.475 e. The van der Waals surface area contributed by atoms with Crippen LogP contribution in [-0.2, 0) is 15.1 Å². The second-order valence-electron chi connectivity index (χ2n) is 5.09. The Hall–Kier alpha value is -1.75. The van der Waals surface area contributed by atoms with E-state index in [9.17, 15) is 9.90 Å². The molecule has 1 aliphatic heterocycles. The summed E-state index contributed by atoms with van der Waals surface area (Å²) < 4.78 is 11.0. The van der Waals surface area contributed by atoms with Gasteiger partial charge >= 0.3 is 11.2 Å². The van der Waals surface area contributed by atoms with Crippen LogP contribution in [0.15, 0.2) is 48.5 Å². The van der Waals surface area contributed by atoms with Crippen LogP contribution in [0.25, 0.3) is 0 Å². The molecule has 0 saturated carbocycles. The fourth-order valence-corrected chi connectivity index (χ4v) is 2.91. The highest BCUT2D eigenvalue weighted by molar-refractivity contribution is 6.32. The Kier molecular flexibility index (Phi) is 3.56. The maximum Gasteiger partial charge on any atom is 0.395 e. The summed E-state index contributed by atoms with van der Waals surface area (Å²) in [5, 5.41) is 7.54. The summed E-state index contributed by atoms with van der Waals surface area (Å²) in [4.78, 5) is 11.5. The molecule has 0 radical (unpaired) electrons. The van der Waals surface area contributed by atoms with Gasteiger partial charge in [0.05, 0.1) is 0 Å². The number of fused-ring (bicyclic) bond motifs is 1. The van der Waals surface area contributed by atoms with Gasteiger partial charge in [0.2, 0.25) is 0 Å². The summed E-state index contributed by atoms with van der Waals surface area (Å²) in [6.07, 6.45) is 0. The van der Waals surface area contributed by atoms with Crippen LogP contribution in [0, 0.1) is 0 Å². The molecular weight excluding hydrogens is 327 g/mol. The highest BCUT2D eigenvalue weighted by Gasteiger charge is 2.53. The van der Waals surface area contributed by atoms with E-state index >= 15 is 0 Å². The number of carboxylic acid groups (broad SMARTS) is 1. The van der Waals surface area contributed by atoms with Gasteiger partial charge in [0.15, 0.2) is 0 Å². The van der Waals surface area contributed by atoms with Crippen molar-refractivity contribution in [2.24, 2.45) is 0 Å². The van der Waals surface area contributed by atoms with Gasteiger partial charge in [-0.25, -0.2) is 4.79 Å². The number of rotatable bonds is 2. The number of carbonyl (C=O) groups is 1. The van der Waals surface area contributed by atoms with E-state index in [0.717, 1.165) is 5.56 Å². The number of hydrogen-bond donors (Lipinski definition) is 1. The number of alkyl halides is 1. The first-order valence-electron chi connectivity index (χ1n) is 6.52. The van der Waals surface area contributed by atoms with Gasteiger partial charge in [-0.1, -0.05) is 41.9 Å². The minimum atomic E-state index is -2.30. The monoisotopic (exact) mass is 338 g/mol. The summed E-state index contributed by atoms with van der Waals surface area (Å²) in [6.45, 7) is 1.74. The van der Waals surface area contributed by atoms with Crippen molar-refractivity contribution < 1.29 is 19.4 Å². The second kappa shape index (κ2) is 5.16. The third-order valence-corrected chi connectivity index (χ3v) is 4.16. The molecule has 1 heterocycles. The highest BCUT2D eigenvalue weighted by atomic mass is 35.5. The van der Waals surface area contributed by atoms with Gasteiger partial charge in [-0.05, 0) is 42.3 Å². The van der Waals surface area contributed by atoms with Crippen molar-refractivity contribution in [2.75, 3.05) is 0 Å². The molecule has 2 atom stereocenters. The Labute approximate surface area is 137 Å². The molecule has 2 aromatic carbocycles. The van der Waals surface area contributed by atoms with E-state index in [-0.39, 0.29) is 0 Å². The van der Waals surface area contributed by atoms with Crippen LogP contribution in [0.5, 0.6) is 5.75 Å². The molecule has 3 rings (SSSR count). The SMILES string of the molecule is CC1(c2ccccc2)OC(Cl)(C(=O)O)Oc2ccc(Cl)cc21. The zero-order valence-corrected chi connectivity index (χ0v) is 13.1. The van der Waals surface area contributed by atoms with Gasteiger partial charge in [-0.15, -0.1) is 0 Å². The Morgan fingerprint density at radius 3 is 2.50 bits per heavy atom. The zero-order valence-electron chi connectivity index (χ0n) is 11.5. The number of aliphatic carboxylic acids is 1. The Morgan fingerprint density at radius 2 is 1.86 bits per heavy atom. The largest absolute Gasteiger partial charge is 0.475 e. The molecule has 4 nitrogen and oxygen atoms in total. The normalized spacial score (nSPS) is 26.9. The Balaban J connectivity index is 2.24. The summed E-state index contributed by atoms with van der Waals surface area (Å²) in [7, 11) is 0. The van der Waals surface area contributed by atoms with E-state index in [1.807, 2.05) is 30.3 Å². The standard InChI is InChI=1S/C16H12Cl2O4/c1-15(10-5-3-2-4-6-10)12-9-11(17)7-8-13(12)21-16(18,22-15)14(19)20/h2-9H,1H3,(H,19,20). The van der Waals surface area contributed by atoms with Crippen LogP contribution in [0.4, 0.5) is 0 Å². The van der Waals surface area contributed by atoms with Crippen molar-refractivity contribution in [1.29, 1.82) is 0 Å². The summed E-state index contributed by atoms with van der Waals surface area (Å²) in [5.74, 6) is -1.10. The van der Waals surface area contributed by atoms with Gasteiger partial charge in [0, 0.05) is 10.6 Å². The van der Waals surface area contributed by atoms with Crippen LogP contribution < -0.4 is 4.74 Å². The van der Waals surface area contributed by atoms with Crippen molar-refractivity contribution in [2.45, 2.75) is 17.8 Å². The fourth-order valence-electron chi connectivity index (χ4n) is 2.50. The van der Waals surface area contributed by atoms with Gasteiger partial charge in [-0.2, -0.15) is 0 Å². The van der Waals surface area contributed by atoms with Crippen molar-refractivity contribution in [3.8, 4) is 5.75 Å². The van der Waals surface area contributed by atoms with Gasteiger partial charge < -0.3 is 14.6 Å². The molecule has 1 aliphatic rings. The third-order valence-electron chi connectivity index (χ3n) is 3.61. The molecule has 6 heteroatoms. The van der Waals surface area contributed by atoms with Crippen LogP contribution in [0.2, 0.25) is 5.02 Å². The van der Waals surface area contributed by atoms with E-state index in [4.69, 9.17) is 32.7 Å². The molecule has 0 spiro atoms. The molecule has 0 aliphatic carbocycles. The molecule has 0 aromatic heterocycles. The molecule has 0 fully saturated rings. The number of halogens is 2. The first kappa shape index (κ1) is 15.2. The van der Waals surface area contributed by atoms with E-state index < -0.39 is 16.8 Å². The predicted molar refractivity (Wildman–Crippen MR) is 82.3 cm³/mol. The smallest absolute Gasteiger partial charge is 0.395 e. The fraction of sp³-hybridized carbons (Fsp3) is 0.188. The van der Waals surface area contributed by atoms with Gasteiger partial charge in [0.25, 0.3) is 0 Å². The molecule has 1 N–H and O–H groups in total. The first-order chi connectivity index (χ1) is 10.3. The third kappa shape index (κ3) is 2.33. The van der Waals surface area contributed by atoms with Crippen LogP contribution >= 0.6 is 23.2 Å². The zero-order chi connectivity index (χ0) is 16.0. The molecule has 2 unspecified atom stereocenters.